The fourth-order valence-corrected chi connectivity index (χ4v) is 5.32. The molecular weight excluding hydrogens is 444 g/mol. The van der Waals surface area contributed by atoms with Crippen molar-refractivity contribution in [3.05, 3.63) is 59.7 Å². The number of carboxylic acid groups (broad SMARTS) is 1. The van der Waals surface area contributed by atoms with E-state index in [-0.39, 0.29) is 23.8 Å². The zero-order valence-electron chi connectivity index (χ0n) is 20.8. The van der Waals surface area contributed by atoms with Crippen LogP contribution < -0.4 is 5.32 Å². The molecule has 7 nitrogen and oxygen atoms in total. The Kier molecular flexibility index (Phi) is 6.62. The van der Waals surface area contributed by atoms with Crippen LogP contribution >= 0.6 is 0 Å². The van der Waals surface area contributed by atoms with Crippen molar-refractivity contribution < 1.29 is 24.2 Å². The van der Waals surface area contributed by atoms with Gasteiger partial charge in [-0.2, -0.15) is 0 Å². The number of amides is 2. The molecule has 1 aliphatic heterocycles. The van der Waals surface area contributed by atoms with Gasteiger partial charge in [0.2, 0.25) is 5.91 Å². The van der Waals surface area contributed by atoms with Gasteiger partial charge in [-0.25, -0.2) is 9.59 Å². The number of alkyl carbamates (subject to hydrolysis) is 1. The van der Waals surface area contributed by atoms with Crippen LogP contribution in [0.3, 0.4) is 0 Å². The van der Waals surface area contributed by atoms with Gasteiger partial charge in [0.05, 0.1) is 0 Å². The molecule has 2 amide bonds. The number of hydrogen-bond acceptors (Lipinski definition) is 4. The third-order valence-electron chi connectivity index (χ3n) is 7.12. The van der Waals surface area contributed by atoms with E-state index in [1.165, 1.54) is 4.90 Å². The average Bonchev–Trinajstić information content (AvgIpc) is 3.35. The first kappa shape index (κ1) is 24.8. The maximum Gasteiger partial charge on any atom is 0.407 e. The van der Waals surface area contributed by atoms with Crippen LogP contribution in [0, 0.1) is 5.41 Å². The van der Waals surface area contributed by atoms with Gasteiger partial charge in [0, 0.05) is 12.5 Å². The minimum atomic E-state index is -1.27. The van der Waals surface area contributed by atoms with Crippen LogP contribution in [-0.2, 0) is 14.3 Å². The Balaban J connectivity index is 1.48. The first-order chi connectivity index (χ1) is 16.5. The largest absolute Gasteiger partial charge is 0.480 e. The Morgan fingerprint density at radius 3 is 2.20 bits per heavy atom. The lowest BCUT2D eigenvalue weighted by Gasteiger charge is -2.35. The van der Waals surface area contributed by atoms with E-state index in [2.05, 4.69) is 17.4 Å². The van der Waals surface area contributed by atoms with E-state index in [1.54, 1.807) is 6.92 Å². The van der Waals surface area contributed by atoms with Gasteiger partial charge in [-0.3, -0.25) is 4.79 Å². The van der Waals surface area contributed by atoms with Crippen molar-refractivity contribution >= 4 is 18.0 Å². The van der Waals surface area contributed by atoms with Crippen molar-refractivity contribution in [3.8, 4) is 11.1 Å². The number of carboxylic acids is 1. The number of carbonyl (C=O) groups is 3. The third-order valence-corrected chi connectivity index (χ3v) is 7.12. The van der Waals surface area contributed by atoms with Crippen LogP contribution in [0.15, 0.2) is 48.5 Å². The normalized spacial score (nSPS) is 20.2. The molecule has 2 N–H and O–H groups in total. The lowest BCUT2D eigenvalue weighted by atomic mass is 9.87. The second kappa shape index (κ2) is 9.36. The smallest absolute Gasteiger partial charge is 0.407 e. The standard InChI is InChI=1S/C28H34N2O5/c1-27(2,3)16-23(24(31)30-15-9-14-28(30,4)25(32)33)29-26(34)35-17-22-20-12-7-5-10-18(20)19-11-6-8-13-21(19)22/h5-8,10-13,22-23H,9,14-17H2,1-4H3,(H,29,34)(H,32,33)/t23?,28-/m0/s1. The first-order valence-electron chi connectivity index (χ1n) is 12.2. The molecule has 0 spiro atoms. The highest BCUT2D eigenvalue weighted by atomic mass is 16.5. The molecule has 2 atom stereocenters. The summed E-state index contributed by atoms with van der Waals surface area (Å²) in [6.45, 7) is 8.01. The molecule has 1 saturated heterocycles. The zero-order valence-corrected chi connectivity index (χ0v) is 20.8. The van der Waals surface area contributed by atoms with Gasteiger partial charge in [0.1, 0.15) is 18.2 Å². The number of hydrogen-bond donors (Lipinski definition) is 2. The van der Waals surface area contributed by atoms with Gasteiger partial charge in [0.15, 0.2) is 0 Å². The maximum absolute atomic E-state index is 13.5. The molecule has 1 heterocycles. The molecule has 2 aromatic carbocycles. The van der Waals surface area contributed by atoms with Crippen LogP contribution in [0.2, 0.25) is 0 Å². The van der Waals surface area contributed by atoms with E-state index in [0.717, 1.165) is 22.3 Å². The summed E-state index contributed by atoms with van der Waals surface area (Å²) in [7, 11) is 0. The molecule has 0 bridgehead atoms. The second-order valence-corrected chi connectivity index (χ2v) is 11.0. The SMILES string of the molecule is CC(C)(C)CC(NC(=O)OCC1c2ccccc2-c2ccccc21)C(=O)N1CCC[C@@]1(C)C(=O)O. The Bertz CT molecular complexity index is 1090. The van der Waals surface area contributed by atoms with Crippen LogP contribution in [0.1, 0.15) is 64.0 Å². The molecule has 35 heavy (non-hydrogen) atoms. The van der Waals surface area contributed by atoms with Crippen LogP contribution in [0.25, 0.3) is 11.1 Å². The van der Waals surface area contributed by atoms with Crippen LogP contribution in [0.4, 0.5) is 4.79 Å². The van der Waals surface area contributed by atoms with Crippen molar-refractivity contribution in [2.75, 3.05) is 13.2 Å². The highest BCUT2D eigenvalue weighted by molar-refractivity contribution is 5.91. The van der Waals surface area contributed by atoms with Gasteiger partial charge < -0.3 is 20.1 Å². The van der Waals surface area contributed by atoms with Crippen LogP contribution in [0.5, 0.6) is 0 Å². The average molecular weight is 479 g/mol. The number of benzene rings is 2. The molecule has 0 saturated carbocycles. The highest BCUT2D eigenvalue weighted by Gasteiger charge is 2.48. The third kappa shape index (κ3) is 4.90. The summed E-state index contributed by atoms with van der Waals surface area (Å²) in [5, 5.41) is 12.5. The molecule has 2 aliphatic rings. The Hall–Kier alpha value is -3.35. The summed E-state index contributed by atoms with van der Waals surface area (Å²) >= 11 is 0. The van der Waals surface area contributed by atoms with E-state index < -0.39 is 23.6 Å². The predicted molar refractivity (Wildman–Crippen MR) is 133 cm³/mol. The summed E-state index contributed by atoms with van der Waals surface area (Å²) in [5.74, 6) is -1.49. The summed E-state index contributed by atoms with van der Waals surface area (Å²) in [6.07, 6.45) is 0.691. The molecule has 186 valence electrons. The molecule has 4 rings (SSSR count). The first-order valence-corrected chi connectivity index (χ1v) is 12.2. The van der Waals surface area contributed by atoms with Gasteiger partial charge in [-0.15, -0.1) is 0 Å². The van der Waals surface area contributed by atoms with Crippen molar-refractivity contribution in [2.24, 2.45) is 5.41 Å². The fraction of sp³-hybridized carbons (Fsp3) is 0.464. The molecule has 0 aromatic heterocycles. The van der Waals surface area contributed by atoms with Crippen molar-refractivity contribution in [2.45, 2.75) is 64.5 Å². The minimum absolute atomic E-state index is 0.0844. The molecule has 1 aliphatic carbocycles. The van der Waals surface area contributed by atoms with Crippen molar-refractivity contribution in [1.82, 2.24) is 10.2 Å². The molecule has 7 heteroatoms. The number of nitrogens with zero attached hydrogens (tertiary/aromatic N) is 1. The lowest BCUT2D eigenvalue weighted by Crippen LogP contribution is -2.57. The van der Waals surface area contributed by atoms with Gasteiger partial charge in [0.25, 0.3) is 0 Å². The second-order valence-electron chi connectivity index (χ2n) is 11.0. The summed E-state index contributed by atoms with van der Waals surface area (Å²) < 4.78 is 5.66. The summed E-state index contributed by atoms with van der Waals surface area (Å²) in [4.78, 5) is 39.7. The van der Waals surface area contributed by atoms with E-state index in [4.69, 9.17) is 4.74 Å². The Morgan fingerprint density at radius 2 is 1.66 bits per heavy atom. The number of nitrogens with one attached hydrogen (secondary N) is 1. The molecule has 2 aromatic rings. The number of carbonyl (C=O) groups excluding carboxylic acids is 2. The summed E-state index contributed by atoms with van der Waals surface area (Å²) in [5.41, 5.74) is 2.96. The van der Waals surface area contributed by atoms with E-state index >= 15 is 0 Å². The van der Waals surface area contributed by atoms with Gasteiger partial charge >= 0.3 is 12.1 Å². The maximum atomic E-state index is 13.5. The van der Waals surface area contributed by atoms with Gasteiger partial charge in [-0.1, -0.05) is 69.3 Å². The van der Waals surface area contributed by atoms with Gasteiger partial charge in [-0.05, 0) is 53.9 Å². The summed E-state index contributed by atoms with van der Waals surface area (Å²) in [6, 6.07) is 15.3. The quantitative estimate of drug-likeness (QED) is 0.622. The number of fused-ring (bicyclic) bond motifs is 3. The van der Waals surface area contributed by atoms with E-state index in [0.29, 0.717) is 25.8 Å². The van der Waals surface area contributed by atoms with Crippen LogP contribution in [-0.4, -0.2) is 52.7 Å². The molecule has 0 radical (unpaired) electrons. The monoisotopic (exact) mass is 478 g/mol. The van der Waals surface area contributed by atoms with Crippen molar-refractivity contribution in [1.29, 1.82) is 0 Å². The highest BCUT2D eigenvalue weighted by Crippen LogP contribution is 2.44. The fourth-order valence-electron chi connectivity index (χ4n) is 5.32. The number of rotatable bonds is 6. The Morgan fingerprint density at radius 1 is 1.09 bits per heavy atom. The molecular formula is C28H34N2O5. The van der Waals surface area contributed by atoms with Crippen molar-refractivity contribution in [3.63, 3.8) is 0 Å². The Labute approximate surface area is 206 Å². The molecule has 1 fully saturated rings. The van der Waals surface area contributed by atoms with E-state index in [1.807, 2.05) is 57.2 Å². The zero-order chi connectivity index (χ0) is 25.4. The number of ether oxygens (including phenoxy) is 1. The molecule has 1 unspecified atom stereocenters. The van der Waals surface area contributed by atoms with E-state index in [9.17, 15) is 19.5 Å². The minimum Gasteiger partial charge on any atom is -0.480 e. The predicted octanol–water partition coefficient (Wildman–Crippen LogP) is 4.80. The number of aliphatic carboxylic acids is 1. The number of likely N-dealkylation sites (tertiary alicyclic amines) is 1. The lowest BCUT2D eigenvalue weighted by molar-refractivity contribution is -0.156. The topological polar surface area (TPSA) is 95.9 Å².